The van der Waals surface area contributed by atoms with Gasteiger partial charge in [0.05, 0.1) is 14.2 Å². The molecular weight excluding hydrogens is 348 g/mol. The number of thioether (sulfide) groups is 1. The van der Waals surface area contributed by atoms with Crippen molar-refractivity contribution >= 4 is 27.7 Å². The highest BCUT2D eigenvalue weighted by atomic mass is 79.9. The minimum atomic E-state index is 0.298. The molecule has 21 heavy (non-hydrogen) atoms. The Bertz CT molecular complexity index is 488. The van der Waals surface area contributed by atoms with Gasteiger partial charge in [-0.3, -0.25) is 0 Å². The second-order valence-corrected chi connectivity index (χ2v) is 8.24. The van der Waals surface area contributed by atoms with Gasteiger partial charge < -0.3 is 9.47 Å². The van der Waals surface area contributed by atoms with Gasteiger partial charge >= 0.3 is 0 Å². The molecule has 0 aliphatic carbocycles. The Morgan fingerprint density at radius 1 is 1.24 bits per heavy atom. The Morgan fingerprint density at radius 3 is 2.52 bits per heavy atom. The minimum absolute atomic E-state index is 0.298. The van der Waals surface area contributed by atoms with Crippen molar-refractivity contribution in [1.29, 1.82) is 0 Å². The highest BCUT2D eigenvalue weighted by Crippen LogP contribution is 2.46. The number of hydrogen-bond donors (Lipinski definition) is 0. The highest BCUT2D eigenvalue weighted by molar-refractivity contribution is 9.09. The molecule has 1 aromatic rings. The van der Waals surface area contributed by atoms with Gasteiger partial charge in [-0.2, -0.15) is 11.8 Å². The van der Waals surface area contributed by atoms with Crippen molar-refractivity contribution in [1.82, 2.24) is 0 Å². The van der Waals surface area contributed by atoms with E-state index in [1.54, 1.807) is 14.2 Å². The standard InChI is InChI=1S/C17H25BrO2S/c1-17(2,11-18)10-16-13-9-15(20-4)14(19-3)8-12(13)6-5-7-21-16/h8-9,16H,5-7,10-11H2,1-4H3. The summed E-state index contributed by atoms with van der Waals surface area (Å²) in [6.07, 6.45) is 3.54. The van der Waals surface area contributed by atoms with Gasteiger partial charge in [-0.05, 0) is 53.7 Å². The van der Waals surface area contributed by atoms with Crippen molar-refractivity contribution in [3.05, 3.63) is 23.3 Å². The van der Waals surface area contributed by atoms with Crippen molar-refractivity contribution in [2.24, 2.45) is 5.41 Å². The molecule has 0 saturated carbocycles. The maximum atomic E-state index is 5.50. The first kappa shape index (κ1) is 17.0. The van der Waals surface area contributed by atoms with Gasteiger partial charge in [0.15, 0.2) is 11.5 Å². The third kappa shape index (κ3) is 4.10. The van der Waals surface area contributed by atoms with Crippen LogP contribution in [-0.2, 0) is 6.42 Å². The number of alkyl halides is 1. The lowest BCUT2D eigenvalue weighted by atomic mass is 9.86. The molecule has 2 nitrogen and oxygen atoms in total. The predicted octanol–water partition coefficient (Wildman–Crippen LogP) is 5.24. The first-order valence-electron chi connectivity index (χ1n) is 7.43. The number of rotatable bonds is 5. The van der Waals surface area contributed by atoms with Crippen LogP contribution in [0.25, 0.3) is 0 Å². The van der Waals surface area contributed by atoms with E-state index in [0.717, 1.165) is 23.2 Å². The topological polar surface area (TPSA) is 18.5 Å². The van der Waals surface area contributed by atoms with Crippen LogP contribution in [-0.4, -0.2) is 25.3 Å². The minimum Gasteiger partial charge on any atom is -0.493 e. The van der Waals surface area contributed by atoms with E-state index in [4.69, 9.17) is 9.47 Å². The monoisotopic (exact) mass is 372 g/mol. The molecule has 1 aromatic carbocycles. The van der Waals surface area contributed by atoms with Crippen LogP contribution in [0.3, 0.4) is 0 Å². The molecule has 1 aliphatic heterocycles. The Balaban J connectivity index is 2.39. The number of benzene rings is 1. The molecule has 0 radical (unpaired) electrons. The van der Waals surface area contributed by atoms with Gasteiger partial charge in [0.25, 0.3) is 0 Å². The van der Waals surface area contributed by atoms with Gasteiger partial charge in [0.2, 0.25) is 0 Å². The van der Waals surface area contributed by atoms with Crippen LogP contribution >= 0.6 is 27.7 Å². The number of methoxy groups -OCH3 is 2. The summed E-state index contributed by atoms with van der Waals surface area (Å²) < 4.78 is 11.0. The summed E-state index contributed by atoms with van der Waals surface area (Å²) in [6, 6.07) is 4.37. The Labute approximate surface area is 141 Å². The van der Waals surface area contributed by atoms with Crippen LogP contribution in [0.15, 0.2) is 12.1 Å². The van der Waals surface area contributed by atoms with Crippen LogP contribution in [0.4, 0.5) is 0 Å². The molecule has 0 aromatic heterocycles. The number of hydrogen-bond acceptors (Lipinski definition) is 3. The first-order chi connectivity index (χ1) is 10.0. The van der Waals surface area contributed by atoms with Crippen LogP contribution < -0.4 is 9.47 Å². The van der Waals surface area contributed by atoms with Gasteiger partial charge in [0.1, 0.15) is 0 Å². The van der Waals surface area contributed by atoms with Gasteiger partial charge in [0, 0.05) is 10.6 Å². The lowest BCUT2D eigenvalue weighted by Crippen LogP contribution is -2.17. The van der Waals surface area contributed by atoms with Crippen molar-refractivity contribution in [2.75, 3.05) is 25.3 Å². The van der Waals surface area contributed by atoms with Crippen molar-refractivity contribution < 1.29 is 9.47 Å². The zero-order valence-electron chi connectivity index (χ0n) is 13.4. The summed E-state index contributed by atoms with van der Waals surface area (Å²) in [5.41, 5.74) is 3.16. The molecule has 1 unspecified atom stereocenters. The molecule has 0 bridgehead atoms. The molecule has 0 spiro atoms. The summed E-state index contributed by atoms with van der Waals surface area (Å²) in [4.78, 5) is 0. The number of halogens is 1. The average molecular weight is 373 g/mol. The summed E-state index contributed by atoms with van der Waals surface area (Å²) in [7, 11) is 3.42. The summed E-state index contributed by atoms with van der Waals surface area (Å²) in [5.74, 6) is 2.92. The quantitative estimate of drug-likeness (QED) is 0.658. The third-order valence-electron chi connectivity index (χ3n) is 4.00. The Hall–Kier alpha value is -0.350. The van der Waals surface area contributed by atoms with Gasteiger partial charge in [-0.25, -0.2) is 0 Å². The fourth-order valence-corrected chi connectivity index (χ4v) is 4.55. The molecular formula is C17H25BrO2S. The maximum Gasteiger partial charge on any atom is 0.161 e. The second kappa shape index (κ2) is 7.28. The summed E-state index contributed by atoms with van der Waals surface area (Å²) >= 11 is 5.74. The molecule has 1 atom stereocenters. The molecule has 0 fully saturated rings. The van der Waals surface area contributed by atoms with E-state index in [9.17, 15) is 0 Å². The highest BCUT2D eigenvalue weighted by Gasteiger charge is 2.28. The molecule has 1 aliphatic rings. The maximum absolute atomic E-state index is 5.50. The summed E-state index contributed by atoms with van der Waals surface area (Å²) in [6.45, 7) is 4.65. The third-order valence-corrected chi connectivity index (χ3v) is 6.87. The van der Waals surface area contributed by atoms with Gasteiger partial charge in [-0.1, -0.05) is 29.8 Å². The Kier molecular flexibility index (Phi) is 5.89. The molecule has 0 amide bonds. The van der Waals surface area contributed by atoms with Crippen molar-refractivity contribution in [3.8, 4) is 11.5 Å². The van der Waals surface area contributed by atoms with E-state index >= 15 is 0 Å². The van der Waals surface area contributed by atoms with Crippen molar-refractivity contribution in [2.45, 2.75) is 38.4 Å². The SMILES string of the molecule is COc1cc2c(cc1OC)C(CC(C)(C)CBr)SCCC2. The lowest BCUT2D eigenvalue weighted by Gasteiger charge is -2.28. The van der Waals surface area contributed by atoms with E-state index in [2.05, 4.69) is 53.7 Å². The van der Waals surface area contributed by atoms with Crippen molar-refractivity contribution in [3.63, 3.8) is 0 Å². The fraction of sp³-hybridized carbons (Fsp3) is 0.647. The molecule has 118 valence electrons. The van der Waals surface area contributed by atoms with E-state index < -0.39 is 0 Å². The molecule has 0 N–H and O–H groups in total. The summed E-state index contributed by atoms with van der Waals surface area (Å²) in [5, 5.41) is 1.56. The largest absolute Gasteiger partial charge is 0.493 e. The molecule has 2 rings (SSSR count). The van der Waals surface area contributed by atoms with Crippen LogP contribution in [0.5, 0.6) is 11.5 Å². The van der Waals surface area contributed by atoms with E-state index in [-0.39, 0.29) is 0 Å². The normalized spacial score (nSPS) is 18.8. The molecule has 4 heteroatoms. The van der Waals surface area contributed by atoms with Gasteiger partial charge in [-0.15, -0.1) is 0 Å². The second-order valence-electron chi connectivity index (χ2n) is 6.37. The van der Waals surface area contributed by atoms with E-state index in [1.807, 2.05) is 0 Å². The predicted molar refractivity (Wildman–Crippen MR) is 95.3 cm³/mol. The van der Waals surface area contributed by atoms with E-state index in [1.165, 1.54) is 29.7 Å². The number of fused-ring (bicyclic) bond motifs is 1. The number of ether oxygens (including phenoxy) is 2. The average Bonchev–Trinajstić information content (AvgIpc) is 2.67. The zero-order chi connectivity index (χ0) is 15.5. The zero-order valence-corrected chi connectivity index (χ0v) is 15.8. The lowest BCUT2D eigenvalue weighted by molar-refractivity contribution is 0.352. The van der Waals surface area contributed by atoms with E-state index in [0.29, 0.717) is 10.7 Å². The fourth-order valence-electron chi connectivity index (χ4n) is 2.76. The van der Waals surface area contributed by atoms with Crippen LogP contribution in [0, 0.1) is 5.41 Å². The van der Waals surface area contributed by atoms with Crippen LogP contribution in [0.2, 0.25) is 0 Å². The van der Waals surface area contributed by atoms with Crippen LogP contribution in [0.1, 0.15) is 43.1 Å². The smallest absolute Gasteiger partial charge is 0.161 e. The first-order valence-corrected chi connectivity index (χ1v) is 9.60. The molecule has 0 saturated heterocycles. The number of aryl methyl sites for hydroxylation is 1. The Morgan fingerprint density at radius 2 is 1.90 bits per heavy atom. The molecule has 1 heterocycles.